The minimum atomic E-state index is -0.393. The molecule has 164 valence electrons. The fourth-order valence-corrected chi connectivity index (χ4v) is 4.17. The molecule has 5 rings (SSSR count). The van der Waals surface area contributed by atoms with Gasteiger partial charge in [0.1, 0.15) is 11.3 Å². The summed E-state index contributed by atoms with van der Waals surface area (Å²) in [4.78, 5) is 12.6. The van der Waals surface area contributed by atoms with Crippen LogP contribution in [0.15, 0.2) is 82.3 Å². The number of furan rings is 1. The van der Waals surface area contributed by atoms with Crippen molar-refractivity contribution in [2.45, 2.75) is 13.8 Å². The van der Waals surface area contributed by atoms with Crippen molar-refractivity contribution in [3.63, 3.8) is 0 Å². The van der Waals surface area contributed by atoms with E-state index < -0.39 is 5.91 Å². The van der Waals surface area contributed by atoms with Crippen LogP contribution in [0.3, 0.4) is 0 Å². The Bertz CT molecular complexity index is 1510. The number of carbonyl (C=O) groups excluding carboxylic acids is 1. The molecule has 5 aromatic rings. The fourth-order valence-electron chi connectivity index (χ4n) is 4.17. The number of benzene rings is 3. The van der Waals surface area contributed by atoms with E-state index in [2.05, 4.69) is 15.1 Å². The third-order valence-electron chi connectivity index (χ3n) is 5.82. The number of aryl methyl sites for hydroxylation is 1. The number of hydrogen-bond acceptors (Lipinski definition) is 4. The summed E-state index contributed by atoms with van der Waals surface area (Å²) in [6, 6.07) is 23.5. The SMILES string of the molecule is COc1ccc(-n2c(C)cc(/C=N/NC(=O)c3cc4c(ccc5ccccc54)o3)c2C)cc1. The van der Waals surface area contributed by atoms with Crippen molar-refractivity contribution in [2.24, 2.45) is 5.10 Å². The molecule has 0 aliphatic heterocycles. The second-order valence-electron chi connectivity index (χ2n) is 7.87. The first-order valence-corrected chi connectivity index (χ1v) is 10.6. The number of hydrazone groups is 1. The molecule has 2 aromatic heterocycles. The largest absolute Gasteiger partial charge is 0.497 e. The first-order chi connectivity index (χ1) is 16.0. The molecular weight excluding hydrogens is 414 g/mol. The lowest BCUT2D eigenvalue weighted by molar-refractivity contribution is 0.0929. The highest BCUT2D eigenvalue weighted by molar-refractivity contribution is 6.08. The van der Waals surface area contributed by atoms with Crippen LogP contribution < -0.4 is 10.2 Å². The van der Waals surface area contributed by atoms with Crippen LogP contribution in [0.1, 0.15) is 27.5 Å². The minimum absolute atomic E-state index is 0.224. The molecule has 3 aromatic carbocycles. The van der Waals surface area contributed by atoms with Crippen molar-refractivity contribution in [1.82, 2.24) is 9.99 Å². The number of nitrogens with zero attached hydrogens (tertiary/aromatic N) is 2. The lowest BCUT2D eigenvalue weighted by atomic mass is 10.1. The van der Waals surface area contributed by atoms with Crippen LogP contribution in [0.5, 0.6) is 5.75 Å². The number of carbonyl (C=O) groups is 1. The first kappa shape index (κ1) is 20.6. The maximum Gasteiger partial charge on any atom is 0.307 e. The summed E-state index contributed by atoms with van der Waals surface area (Å²) in [5.41, 5.74) is 7.28. The van der Waals surface area contributed by atoms with Crippen LogP contribution in [0.2, 0.25) is 0 Å². The number of methoxy groups -OCH3 is 1. The van der Waals surface area contributed by atoms with Crippen molar-refractivity contribution in [3.05, 3.63) is 95.5 Å². The molecule has 0 unspecified atom stereocenters. The Morgan fingerprint density at radius 2 is 1.79 bits per heavy atom. The van der Waals surface area contributed by atoms with Crippen LogP contribution in [0, 0.1) is 13.8 Å². The van der Waals surface area contributed by atoms with Gasteiger partial charge in [-0.25, -0.2) is 5.43 Å². The molecule has 1 amide bonds. The zero-order valence-electron chi connectivity index (χ0n) is 18.6. The standard InChI is InChI=1S/C27H23N3O3/c1-17-14-20(18(2)30(17)21-9-11-22(32-3)12-10-21)16-28-29-27(31)26-15-24-23-7-5-4-6-19(23)8-13-25(24)33-26/h4-16H,1-3H3,(H,29,31)/b28-16+. The molecule has 33 heavy (non-hydrogen) atoms. The third-order valence-corrected chi connectivity index (χ3v) is 5.82. The van der Waals surface area contributed by atoms with Gasteiger partial charge < -0.3 is 13.7 Å². The van der Waals surface area contributed by atoms with Crippen molar-refractivity contribution in [2.75, 3.05) is 7.11 Å². The summed E-state index contributed by atoms with van der Waals surface area (Å²) in [6.07, 6.45) is 1.65. The van der Waals surface area contributed by atoms with Gasteiger partial charge in [-0.2, -0.15) is 5.10 Å². The average molecular weight is 437 g/mol. The molecule has 0 atom stereocenters. The molecule has 0 aliphatic rings. The Hall–Kier alpha value is -4.32. The number of ether oxygens (including phenoxy) is 1. The van der Waals surface area contributed by atoms with Gasteiger partial charge in [0.05, 0.1) is 13.3 Å². The zero-order chi connectivity index (χ0) is 22.9. The minimum Gasteiger partial charge on any atom is -0.497 e. The van der Waals surface area contributed by atoms with E-state index in [1.165, 1.54) is 0 Å². The van der Waals surface area contributed by atoms with Crippen molar-refractivity contribution in [3.8, 4) is 11.4 Å². The summed E-state index contributed by atoms with van der Waals surface area (Å²) in [6.45, 7) is 4.05. The van der Waals surface area contributed by atoms with E-state index in [0.29, 0.717) is 5.58 Å². The van der Waals surface area contributed by atoms with Gasteiger partial charge >= 0.3 is 5.91 Å². The quantitative estimate of drug-likeness (QED) is 0.280. The normalized spacial score (nSPS) is 11.5. The maximum atomic E-state index is 12.6. The van der Waals surface area contributed by atoms with Gasteiger partial charge in [-0.15, -0.1) is 0 Å². The Kier molecular flexibility index (Phi) is 5.18. The van der Waals surface area contributed by atoms with Gasteiger partial charge in [-0.05, 0) is 67.1 Å². The van der Waals surface area contributed by atoms with Gasteiger partial charge in [0, 0.05) is 28.0 Å². The first-order valence-electron chi connectivity index (χ1n) is 10.6. The van der Waals surface area contributed by atoms with E-state index in [-0.39, 0.29) is 5.76 Å². The van der Waals surface area contributed by atoms with Crippen molar-refractivity contribution >= 4 is 33.9 Å². The Morgan fingerprint density at radius 1 is 1.00 bits per heavy atom. The molecule has 0 saturated heterocycles. The van der Waals surface area contributed by atoms with E-state index in [0.717, 1.165) is 44.5 Å². The third kappa shape index (κ3) is 3.76. The van der Waals surface area contributed by atoms with E-state index in [1.54, 1.807) is 19.4 Å². The van der Waals surface area contributed by atoms with Crippen LogP contribution in [-0.2, 0) is 0 Å². The number of aromatic nitrogens is 1. The smallest absolute Gasteiger partial charge is 0.307 e. The Labute approximate surface area is 191 Å². The van der Waals surface area contributed by atoms with E-state index in [9.17, 15) is 4.79 Å². The topological polar surface area (TPSA) is 68.8 Å². The van der Waals surface area contributed by atoms with Crippen LogP contribution in [0.4, 0.5) is 0 Å². The molecular formula is C27H23N3O3. The number of amides is 1. The lowest BCUT2D eigenvalue weighted by Crippen LogP contribution is -2.16. The summed E-state index contributed by atoms with van der Waals surface area (Å²) in [5.74, 6) is 0.641. The monoisotopic (exact) mass is 437 g/mol. The molecule has 6 nitrogen and oxygen atoms in total. The van der Waals surface area contributed by atoms with E-state index in [4.69, 9.17) is 9.15 Å². The highest BCUT2D eigenvalue weighted by Crippen LogP contribution is 2.28. The lowest BCUT2D eigenvalue weighted by Gasteiger charge is -2.10. The van der Waals surface area contributed by atoms with Gasteiger partial charge in [0.2, 0.25) is 0 Å². The molecule has 0 radical (unpaired) electrons. The molecule has 0 aliphatic carbocycles. The highest BCUT2D eigenvalue weighted by atomic mass is 16.5. The van der Waals surface area contributed by atoms with E-state index in [1.807, 2.05) is 80.6 Å². The van der Waals surface area contributed by atoms with Crippen molar-refractivity contribution < 1.29 is 13.9 Å². The van der Waals surface area contributed by atoms with Gasteiger partial charge in [-0.3, -0.25) is 4.79 Å². The average Bonchev–Trinajstić information content (AvgIpc) is 3.40. The van der Waals surface area contributed by atoms with Crippen LogP contribution in [-0.4, -0.2) is 23.8 Å². The number of nitrogens with one attached hydrogen (secondary N) is 1. The number of fused-ring (bicyclic) bond motifs is 3. The summed E-state index contributed by atoms with van der Waals surface area (Å²) >= 11 is 0. The fraction of sp³-hybridized carbons (Fsp3) is 0.111. The number of hydrogen-bond donors (Lipinski definition) is 1. The summed E-state index contributed by atoms with van der Waals surface area (Å²) < 4.78 is 13.1. The molecule has 1 N–H and O–H groups in total. The molecule has 0 spiro atoms. The van der Waals surface area contributed by atoms with E-state index >= 15 is 0 Å². The molecule has 0 bridgehead atoms. The predicted octanol–water partition coefficient (Wildman–Crippen LogP) is 5.77. The molecule has 6 heteroatoms. The Balaban J connectivity index is 1.36. The maximum absolute atomic E-state index is 12.6. The van der Waals surface area contributed by atoms with Gasteiger partial charge in [0.15, 0.2) is 5.76 Å². The van der Waals surface area contributed by atoms with Gasteiger partial charge in [0.25, 0.3) is 0 Å². The van der Waals surface area contributed by atoms with Gasteiger partial charge in [-0.1, -0.05) is 30.3 Å². The predicted molar refractivity (Wildman–Crippen MR) is 131 cm³/mol. The Morgan fingerprint density at radius 3 is 2.58 bits per heavy atom. The number of rotatable bonds is 5. The van der Waals surface area contributed by atoms with Crippen LogP contribution in [0.25, 0.3) is 27.4 Å². The molecule has 0 saturated carbocycles. The molecule has 0 fully saturated rings. The van der Waals surface area contributed by atoms with Crippen LogP contribution >= 0.6 is 0 Å². The second kappa shape index (κ2) is 8.31. The summed E-state index contributed by atoms with van der Waals surface area (Å²) in [7, 11) is 1.65. The second-order valence-corrected chi connectivity index (χ2v) is 7.87. The highest BCUT2D eigenvalue weighted by Gasteiger charge is 2.14. The zero-order valence-corrected chi connectivity index (χ0v) is 18.6. The van der Waals surface area contributed by atoms with Crippen molar-refractivity contribution in [1.29, 1.82) is 0 Å². The molecule has 2 heterocycles. The summed E-state index contributed by atoms with van der Waals surface area (Å²) in [5, 5.41) is 7.22.